The van der Waals surface area contributed by atoms with Crippen LogP contribution in [0.4, 0.5) is 11.4 Å². The van der Waals surface area contributed by atoms with Gasteiger partial charge in [0.25, 0.3) is 0 Å². The third-order valence-corrected chi connectivity index (χ3v) is 5.39. The number of ether oxygens (including phenoxy) is 1. The monoisotopic (exact) mass is 358 g/mol. The molecule has 2 aromatic rings. The standard InChI is InChI=1S/C19H22N2O3S/c1-13-7-8-15(11-14(13)2)24-9-10-25-19(12-18(22)23)20-16-5-3-4-6-17(16)21-19/h3-8,11,20-21H,9-10,12H2,1-2H3,(H,22,23). The molecule has 132 valence electrons. The van der Waals surface area contributed by atoms with Crippen molar-refractivity contribution in [3.05, 3.63) is 53.6 Å². The molecular formula is C19H22N2O3S. The quantitative estimate of drug-likeness (QED) is 0.648. The van der Waals surface area contributed by atoms with Crippen molar-refractivity contribution in [3.8, 4) is 5.75 Å². The first kappa shape index (κ1) is 17.5. The van der Waals surface area contributed by atoms with Crippen LogP contribution < -0.4 is 15.4 Å². The molecule has 0 fully saturated rings. The van der Waals surface area contributed by atoms with Gasteiger partial charge in [0.05, 0.1) is 24.4 Å². The molecule has 3 N–H and O–H groups in total. The molecule has 5 nitrogen and oxygen atoms in total. The van der Waals surface area contributed by atoms with Crippen molar-refractivity contribution in [2.45, 2.75) is 25.3 Å². The van der Waals surface area contributed by atoms with Crippen LogP contribution in [0.2, 0.25) is 0 Å². The lowest BCUT2D eigenvalue weighted by atomic mass is 10.1. The highest BCUT2D eigenvalue weighted by Crippen LogP contribution is 2.41. The van der Waals surface area contributed by atoms with Gasteiger partial charge in [0.2, 0.25) is 0 Å². The van der Waals surface area contributed by atoms with Crippen LogP contribution in [0, 0.1) is 13.8 Å². The molecule has 1 aliphatic heterocycles. The molecule has 0 saturated carbocycles. The van der Waals surface area contributed by atoms with Gasteiger partial charge in [0.15, 0.2) is 4.99 Å². The Morgan fingerprint density at radius 1 is 1.12 bits per heavy atom. The molecule has 0 unspecified atom stereocenters. The van der Waals surface area contributed by atoms with Crippen LogP contribution in [0.1, 0.15) is 17.5 Å². The number of hydrogen-bond acceptors (Lipinski definition) is 5. The topological polar surface area (TPSA) is 70.6 Å². The van der Waals surface area contributed by atoms with Crippen molar-refractivity contribution in [2.24, 2.45) is 0 Å². The molecule has 2 aromatic carbocycles. The third-order valence-electron chi connectivity index (χ3n) is 4.18. The summed E-state index contributed by atoms with van der Waals surface area (Å²) in [5.74, 6) is 0.649. The van der Waals surface area contributed by atoms with Crippen LogP contribution in [0.15, 0.2) is 42.5 Å². The maximum Gasteiger partial charge on any atom is 0.308 e. The van der Waals surface area contributed by atoms with E-state index in [1.807, 2.05) is 42.5 Å². The molecule has 0 amide bonds. The zero-order valence-corrected chi connectivity index (χ0v) is 15.2. The Morgan fingerprint density at radius 3 is 2.40 bits per heavy atom. The van der Waals surface area contributed by atoms with E-state index in [2.05, 4.69) is 24.5 Å². The number of hydrogen-bond donors (Lipinski definition) is 3. The van der Waals surface area contributed by atoms with Gasteiger partial charge in [0, 0.05) is 5.75 Å². The number of carbonyl (C=O) groups is 1. The second-order valence-corrected chi connectivity index (χ2v) is 7.53. The number of benzene rings is 2. The Hall–Kier alpha value is -2.34. The number of anilines is 2. The molecule has 0 aliphatic carbocycles. The van der Waals surface area contributed by atoms with Crippen LogP contribution in [0.3, 0.4) is 0 Å². The van der Waals surface area contributed by atoms with Crippen LogP contribution in [0.25, 0.3) is 0 Å². The fraction of sp³-hybridized carbons (Fsp3) is 0.316. The maximum absolute atomic E-state index is 11.3. The molecule has 0 aromatic heterocycles. The lowest BCUT2D eigenvalue weighted by Crippen LogP contribution is -2.41. The number of aryl methyl sites for hydroxylation is 2. The van der Waals surface area contributed by atoms with Gasteiger partial charge in [-0.15, -0.1) is 11.8 Å². The van der Waals surface area contributed by atoms with Crippen LogP contribution in [-0.2, 0) is 4.79 Å². The van der Waals surface area contributed by atoms with E-state index < -0.39 is 11.0 Å². The van der Waals surface area contributed by atoms with Crippen molar-refractivity contribution < 1.29 is 14.6 Å². The SMILES string of the molecule is Cc1ccc(OCCSC2(CC(=O)O)Nc3ccccc3N2)cc1C. The van der Waals surface area contributed by atoms with E-state index in [-0.39, 0.29) is 6.42 Å². The highest BCUT2D eigenvalue weighted by molar-refractivity contribution is 8.00. The Morgan fingerprint density at radius 2 is 1.80 bits per heavy atom. The van der Waals surface area contributed by atoms with E-state index in [1.54, 1.807) is 0 Å². The highest BCUT2D eigenvalue weighted by atomic mass is 32.2. The van der Waals surface area contributed by atoms with Crippen LogP contribution in [0.5, 0.6) is 5.75 Å². The first-order valence-electron chi connectivity index (χ1n) is 8.19. The average molecular weight is 358 g/mol. The zero-order valence-electron chi connectivity index (χ0n) is 14.3. The van der Waals surface area contributed by atoms with Gasteiger partial charge < -0.3 is 20.5 Å². The van der Waals surface area contributed by atoms with Gasteiger partial charge in [-0.25, -0.2) is 0 Å². The maximum atomic E-state index is 11.3. The minimum atomic E-state index is -0.851. The summed E-state index contributed by atoms with van der Waals surface area (Å²) in [4.78, 5) is 10.6. The lowest BCUT2D eigenvalue weighted by Gasteiger charge is -2.28. The Bertz CT molecular complexity index is 754. The smallest absolute Gasteiger partial charge is 0.308 e. The van der Waals surface area contributed by atoms with Crippen molar-refractivity contribution in [2.75, 3.05) is 23.0 Å². The minimum absolute atomic E-state index is 0.0318. The summed E-state index contributed by atoms with van der Waals surface area (Å²) < 4.78 is 5.80. The first-order chi connectivity index (χ1) is 12.0. The number of carboxylic acids is 1. The molecule has 0 radical (unpaired) electrons. The van der Waals surface area contributed by atoms with Crippen LogP contribution >= 0.6 is 11.8 Å². The molecule has 0 atom stereocenters. The van der Waals surface area contributed by atoms with E-state index >= 15 is 0 Å². The Balaban J connectivity index is 1.59. The molecule has 3 rings (SSSR count). The second kappa shape index (κ2) is 7.27. The van der Waals surface area contributed by atoms with Crippen LogP contribution in [-0.4, -0.2) is 28.4 Å². The van der Waals surface area contributed by atoms with Crippen molar-refractivity contribution in [1.82, 2.24) is 0 Å². The van der Waals surface area contributed by atoms with Crippen molar-refractivity contribution in [1.29, 1.82) is 0 Å². The van der Waals surface area contributed by atoms with Crippen molar-refractivity contribution in [3.63, 3.8) is 0 Å². The number of carboxylic acid groups (broad SMARTS) is 1. The summed E-state index contributed by atoms with van der Waals surface area (Å²) in [5, 5.41) is 15.9. The number of nitrogens with one attached hydrogen (secondary N) is 2. The highest BCUT2D eigenvalue weighted by Gasteiger charge is 2.38. The summed E-state index contributed by atoms with van der Waals surface area (Å²) >= 11 is 1.51. The Kier molecular flexibility index (Phi) is 5.08. The average Bonchev–Trinajstić information content (AvgIpc) is 2.92. The molecular weight excluding hydrogens is 336 g/mol. The first-order valence-corrected chi connectivity index (χ1v) is 9.17. The predicted octanol–water partition coefficient (Wildman–Crippen LogP) is 4.08. The molecule has 0 spiro atoms. The van der Waals surface area contributed by atoms with E-state index in [1.165, 1.54) is 22.9 Å². The molecule has 6 heteroatoms. The molecule has 25 heavy (non-hydrogen) atoms. The van der Waals surface area contributed by atoms with E-state index in [9.17, 15) is 9.90 Å². The third kappa shape index (κ3) is 4.20. The summed E-state index contributed by atoms with van der Waals surface area (Å²) in [6.07, 6.45) is -0.0318. The van der Waals surface area contributed by atoms with Gasteiger partial charge >= 0.3 is 5.97 Å². The van der Waals surface area contributed by atoms with E-state index in [4.69, 9.17) is 4.74 Å². The molecule has 0 bridgehead atoms. The van der Waals surface area contributed by atoms with Gasteiger partial charge in [-0.1, -0.05) is 18.2 Å². The van der Waals surface area contributed by atoms with Crippen molar-refractivity contribution >= 4 is 29.1 Å². The fourth-order valence-electron chi connectivity index (χ4n) is 2.77. The van der Waals surface area contributed by atoms with Gasteiger partial charge in [-0.3, -0.25) is 4.79 Å². The Labute approximate surface area is 151 Å². The molecule has 0 saturated heterocycles. The van der Waals surface area contributed by atoms with E-state index in [0.717, 1.165) is 17.1 Å². The zero-order chi connectivity index (χ0) is 17.9. The molecule has 1 heterocycles. The second-order valence-electron chi connectivity index (χ2n) is 6.14. The summed E-state index contributed by atoms with van der Waals surface area (Å²) in [7, 11) is 0. The largest absolute Gasteiger partial charge is 0.493 e. The number of thioether (sulfide) groups is 1. The van der Waals surface area contributed by atoms with Gasteiger partial charge in [-0.2, -0.15) is 0 Å². The number of aliphatic carboxylic acids is 1. The van der Waals surface area contributed by atoms with Gasteiger partial charge in [-0.05, 0) is 49.2 Å². The lowest BCUT2D eigenvalue weighted by molar-refractivity contribution is -0.137. The normalized spacial score (nSPS) is 14.3. The van der Waals surface area contributed by atoms with E-state index in [0.29, 0.717) is 12.4 Å². The number of rotatable bonds is 7. The number of para-hydroxylation sites is 2. The summed E-state index contributed by atoms with van der Waals surface area (Å²) in [6, 6.07) is 13.8. The summed E-state index contributed by atoms with van der Waals surface area (Å²) in [5.41, 5.74) is 4.28. The minimum Gasteiger partial charge on any atom is -0.493 e. The number of fused-ring (bicyclic) bond motifs is 1. The molecule has 1 aliphatic rings. The van der Waals surface area contributed by atoms with Gasteiger partial charge in [0.1, 0.15) is 5.75 Å². The predicted molar refractivity (Wildman–Crippen MR) is 103 cm³/mol. The summed E-state index contributed by atoms with van der Waals surface area (Å²) in [6.45, 7) is 4.64. The fourth-order valence-corrected chi connectivity index (χ4v) is 3.88.